The molecule has 1 aliphatic rings. The summed E-state index contributed by atoms with van der Waals surface area (Å²) in [5.41, 5.74) is 0. The number of rotatable bonds is 2. The van der Waals surface area contributed by atoms with E-state index in [1.807, 2.05) is 6.92 Å². The lowest BCUT2D eigenvalue weighted by molar-refractivity contribution is 0.267. The average molecular weight is 195 g/mol. The summed E-state index contributed by atoms with van der Waals surface area (Å²) in [6, 6.07) is 0. The van der Waals surface area contributed by atoms with E-state index in [2.05, 4.69) is 28.2 Å². The molecule has 78 valence electrons. The lowest BCUT2D eigenvalue weighted by Gasteiger charge is -2.09. The Morgan fingerprint density at radius 1 is 1.36 bits per heavy atom. The fourth-order valence-corrected chi connectivity index (χ4v) is 1.54. The van der Waals surface area contributed by atoms with E-state index in [-0.39, 0.29) is 0 Å². The molecule has 0 amide bonds. The molecule has 0 spiro atoms. The number of aromatic nitrogens is 2. The van der Waals surface area contributed by atoms with Crippen LogP contribution in [-0.4, -0.2) is 28.1 Å². The average Bonchev–Trinajstić information content (AvgIpc) is 2.82. The van der Waals surface area contributed by atoms with Gasteiger partial charge in [0.1, 0.15) is 0 Å². The summed E-state index contributed by atoms with van der Waals surface area (Å²) in [5, 5.41) is 3.75. The quantitative estimate of drug-likeness (QED) is 0.674. The summed E-state index contributed by atoms with van der Waals surface area (Å²) < 4.78 is 5.02. The highest BCUT2D eigenvalue weighted by molar-refractivity contribution is 4.83. The van der Waals surface area contributed by atoms with E-state index in [1.54, 1.807) is 0 Å². The van der Waals surface area contributed by atoms with Crippen molar-refractivity contribution in [3.63, 3.8) is 0 Å². The summed E-state index contributed by atoms with van der Waals surface area (Å²) in [4.78, 5) is 6.49. The third kappa shape index (κ3) is 2.96. The SMILES string of the molecule is C=C.Cc1noc(CN2CCCC2)n1. The molecule has 0 aromatic carbocycles. The minimum Gasteiger partial charge on any atom is -0.338 e. The molecule has 1 aromatic heterocycles. The van der Waals surface area contributed by atoms with Gasteiger partial charge < -0.3 is 4.52 Å². The van der Waals surface area contributed by atoms with Crippen molar-refractivity contribution in [2.45, 2.75) is 26.3 Å². The zero-order chi connectivity index (χ0) is 10.4. The van der Waals surface area contributed by atoms with Gasteiger partial charge in [0.15, 0.2) is 5.82 Å². The molecular weight excluding hydrogens is 178 g/mol. The Morgan fingerprint density at radius 2 is 2.00 bits per heavy atom. The summed E-state index contributed by atoms with van der Waals surface area (Å²) >= 11 is 0. The lowest BCUT2D eigenvalue weighted by atomic mass is 10.4. The molecule has 0 saturated carbocycles. The van der Waals surface area contributed by atoms with Crippen LogP contribution in [0.3, 0.4) is 0 Å². The highest BCUT2D eigenvalue weighted by atomic mass is 16.5. The third-order valence-electron chi connectivity index (χ3n) is 2.13. The normalized spacial score (nSPS) is 16.4. The van der Waals surface area contributed by atoms with E-state index in [4.69, 9.17) is 4.52 Å². The van der Waals surface area contributed by atoms with Crippen LogP contribution < -0.4 is 0 Å². The highest BCUT2D eigenvalue weighted by Crippen LogP contribution is 2.10. The van der Waals surface area contributed by atoms with Crippen LogP contribution in [0.15, 0.2) is 17.7 Å². The van der Waals surface area contributed by atoms with Crippen molar-refractivity contribution < 1.29 is 4.52 Å². The van der Waals surface area contributed by atoms with E-state index >= 15 is 0 Å². The van der Waals surface area contributed by atoms with E-state index in [1.165, 1.54) is 25.9 Å². The molecule has 0 N–H and O–H groups in total. The molecule has 1 aromatic rings. The van der Waals surface area contributed by atoms with Crippen LogP contribution in [0.2, 0.25) is 0 Å². The van der Waals surface area contributed by atoms with Crippen LogP contribution in [-0.2, 0) is 6.54 Å². The van der Waals surface area contributed by atoms with Crippen molar-refractivity contribution in [3.05, 3.63) is 24.9 Å². The number of likely N-dealkylation sites (tertiary alicyclic amines) is 1. The first-order valence-electron chi connectivity index (χ1n) is 4.86. The molecule has 2 rings (SSSR count). The zero-order valence-electron chi connectivity index (χ0n) is 8.70. The Morgan fingerprint density at radius 3 is 2.50 bits per heavy atom. The molecule has 1 saturated heterocycles. The number of hydrogen-bond donors (Lipinski definition) is 0. The summed E-state index contributed by atoms with van der Waals surface area (Å²) in [7, 11) is 0. The second-order valence-corrected chi connectivity index (χ2v) is 3.22. The van der Waals surface area contributed by atoms with E-state index in [9.17, 15) is 0 Å². The van der Waals surface area contributed by atoms with Gasteiger partial charge in [-0.05, 0) is 32.9 Å². The molecule has 4 heteroatoms. The molecule has 0 unspecified atom stereocenters. The number of nitrogens with zero attached hydrogens (tertiary/aromatic N) is 3. The Hall–Kier alpha value is -1.16. The third-order valence-corrected chi connectivity index (χ3v) is 2.13. The topological polar surface area (TPSA) is 42.2 Å². The molecule has 14 heavy (non-hydrogen) atoms. The first kappa shape index (κ1) is 10.9. The van der Waals surface area contributed by atoms with Crippen LogP contribution in [0, 0.1) is 6.92 Å². The lowest BCUT2D eigenvalue weighted by Crippen LogP contribution is -2.18. The first-order chi connectivity index (χ1) is 6.84. The zero-order valence-corrected chi connectivity index (χ0v) is 8.70. The van der Waals surface area contributed by atoms with Crippen LogP contribution >= 0.6 is 0 Å². The van der Waals surface area contributed by atoms with Gasteiger partial charge in [-0.2, -0.15) is 4.98 Å². The first-order valence-corrected chi connectivity index (χ1v) is 4.86. The van der Waals surface area contributed by atoms with Crippen molar-refractivity contribution in [2.75, 3.05) is 13.1 Å². The van der Waals surface area contributed by atoms with Gasteiger partial charge in [0.2, 0.25) is 5.89 Å². The van der Waals surface area contributed by atoms with Crippen molar-refractivity contribution in [1.29, 1.82) is 0 Å². The Balaban J connectivity index is 0.000000461. The maximum Gasteiger partial charge on any atom is 0.240 e. The molecule has 4 nitrogen and oxygen atoms in total. The Kier molecular flexibility index (Phi) is 4.32. The summed E-state index contributed by atoms with van der Waals surface area (Å²) in [6.45, 7) is 11.0. The van der Waals surface area contributed by atoms with Crippen molar-refractivity contribution >= 4 is 0 Å². The van der Waals surface area contributed by atoms with Gasteiger partial charge in [0, 0.05) is 0 Å². The minimum atomic E-state index is 0.726. The summed E-state index contributed by atoms with van der Waals surface area (Å²) in [5.74, 6) is 1.47. The van der Waals surface area contributed by atoms with Gasteiger partial charge >= 0.3 is 0 Å². The van der Waals surface area contributed by atoms with Gasteiger partial charge in [-0.15, -0.1) is 13.2 Å². The van der Waals surface area contributed by atoms with E-state index in [0.717, 1.165) is 18.3 Å². The standard InChI is InChI=1S/C8H13N3O.C2H4/c1-7-9-8(12-10-7)6-11-4-2-3-5-11;1-2/h2-6H2,1H3;1-2H2. The Bertz CT molecular complexity index is 266. The fraction of sp³-hybridized carbons (Fsp3) is 0.600. The van der Waals surface area contributed by atoms with Gasteiger partial charge in [-0.1, -0.05) is 5.16 Å². The maximum atomic E-state index is 5.02. The number of hydrogen-bond acceptors (Lipinski definition) is 4. The fourth-order valence-electron chi connectivity index (χ4n) is 1.54. The smallest absolute Gasteiger partial charge is 0.240 e. The summed E-state index contributed by atoms with van der Waals surface area (Å²) in [6.07, 6.45) is 2.60. The largest absolute Gasteiger partial charge is 0.338 e. The monoisotopic (exact) mass is 195 g/mol. The molecule has 0 aliphatic carbocycles. The predicted molar refractivity (Wildman–Crippen MR) is 54.8 cm³/mol. The molecule has 2 heterocycles. The van der Waals surface area contributed by atoms with Crippen molar-refractivity contribution in [2.24, 2.45) is 0 Å². The molecule has 0 atom stereocenters. The molecular formula is C10H17N3O. The van der Waals surface area contributed by atoms with Crippen LogP contribution in [0.4, 0.5) is 0 Å². The van der Waals surface area contributed by atoms with Crippen molar-refractivity contribution in [1.82, 2.24) is 15.0 Å². The predicted octanol–water partition coefficient (Wildman–Crippen LogP) is 1.78. The second kappa shape index (κ2) is 5.54. The van der Waals surface area contributed by atoms with Gasteiger partial charge in [-0.3, -0.25) is 4.90 Å². The molecule has 1 fully saturated rings. The van der Waals surface area contributed by atoms with Crippen LogP contribution in [0.25, 0.3) is 0 Å². The van der Waals surface area contributed by atoms with Crippen LogP contribution in [0.5, 0.6) is 0 Å². The van der Waals surface area contributed by atoms with Gasteiger partial charge in [-0.25, -0.2) is 0 Å². The Labute approximate surface area is 84.6 Å². The second-order valence-electron chi connectivity index (χ2n) is 3.22. The minimum absolute atomic E-state index is 0.726. The van der Waals surface area contributed by atoms with E-state index < -0.39 is 0 Å². The molecule has 0 radical (unpaired) electrons. The molecule has 1 aliphatic heterocycles. The van der Waals surface area contributed by atoms with Crippen LogP contribution in [0.1, 0.15) is 24.6 Å². The van der Waals surface area contributed by atoms with E-state index in [0.29, 0.717) is 0 Å². The van der Waals surface area contributed by atoms with Gasteiger partial charge in [0.25, 0.3) is 0 Å². The van der Waals surface area contributed by atoms with Gasteiger partial charge in [0.05, 0.1) is 6.54 Å². The molecule has 0 bridgehead atoms. The van der Waals surface area contributed by atoms with Crippen molar-refractivity contribution in [3.8, 4) is 0 Å². The highest BCUT2D eigenvalue weighted by Gasteiger charge is 2.14. The number of aryl methyl sites for hydroxylation is 1. The maximum absolute atomic E-state index is 5.02.